The van der Waals surface area contributed by atoms with E-state index in [2.05, 4.69) is 5.16 Å². The van der Waals surface area contributed by atoms with Gasteiger partial charge in [-0.3, -0.25) is 4.79 Å². The van der Waals surface area contributed by atoms with Crippen LogP contribution in [0.25, 0.3) is 16.9 Å². The van der Waals surface area contributed by atoms with Gasteiger partial charge in [-0.15, -0.1) is 0 Å². The van der Waals surface area contributed by atoms with Crippen molar-refractivity contribution in [3.05, 3.63) is 52.8 Å². The zero-order valence-corrected chi connectivity index (χ0v) is 12.9. The monoisotopic (exact) mass is 314 g/mol. The van der Waals surface area contributed by atoms with E-state index in [0.717, 1.165) is 12.4 Å². The van der Waals surface area contributed by atoms with Gasteiger partial charge in [-0.2, -0.15) is 0 Å². The summed E-state index contributed by atoms with van der Waals surface area (Å²) in [6.07, 6.45) is 0.725. The molecule has 0 amide bonds. The minimum Gasteiger partial charge on any atom is -0.508 e. The predicted molar refractivity (Wildman–Crippen MR) is 82.5 cm³/mol. The van der Waals surface area contributed by atoms with Crippen molar-refractivity contribution in [3.8, 4) is 22.7 Å². The Hall–Kier alpha value is -2.89. The zero-order chi connectivity index (χ0) is 16.7. The van der Waals surface area contributed by atoms with Crippen molar-refractivity contribution in [2.45, 2.75) is 20.8 Å². The Labute approximate surface area is 132 Å². The van der Waals surface area contributed by atoms with Crippen LogP contribution in [0.5, 0.6) is 5.75 Å². The van der Waals surface area contributed by atoms with E-state index >= 15 is 0 Å². The van der Waals surface area contributed by atoms with Gasteiger partial charge in [0.1, 0.15) is 22.9 Å². The minimum absolute atomic E-state index is 0.158. The van der Waals surface area contributed by atoms with Gasteiger partial charge in [0.2, 0.25) is 0 Å². The predicted octanol–water partition coefficient (Wildman–Crippen LogP) is 3.71. The van der Waals surface area contributed by atoms with Gasteiger partial charge in [0.15, 0.2) is 12.0 Å². The maximum atomic E-state index is 14.3. The molecule has 23 heavy (non-hydrogen) atoms. The summed E-state index contributed by atoms with van der Waals surface area (Å²) in [5.74, 6) is -0.205. The Morgan fingerprint density at radius 2 is 2.00 bits per heavy atom. The first-order chi connectivity index (χ1) is 10.9. The molecule has 5 nitrogen and oxygen atoms in total. The summed E-state index contributed by atoms with van der Waals surface area (Å²) in [5, 5.41) is 13.3. The van der Waals surface area contributed by atoms with Gasteiger partial charge in [-0.1, -0.05) is 5.16 Å². The second kappa shape index (κ2) is 5.39. The smallest absolute Gasteiger partial charge is 0.167 e. The van der Waals surface area contributed by atoms with E-state index in [1.165, 1.54) is 12.1 Å². The molecular weight excluding hydrogens is 299 g/mol. The molecule has 0 bridgehead atoms. The van der Waals surface area contributed by atoms with Gasteiger partial charge < -0.3 is 14.2 Å². The molecule has 118 valence electrons. The van der Waals surface area contributed by atoms with E-state index in [1.807, 2.05) is 0 Å². The number of phenolic OH excluding ortho intramolecular Hbond substituents is 1. The number of aromatic nitrogens is 2. The molecule has 1 aromatic carbocycles. The number of nitrogens with zero attached hydrogens (tertiary/aromatic N) is 2. The van der Waals surface area contributed by atoms with Crippen molar-refractivity contribution in [2.24, 2.45) is 0 Å². The molecule has 0 unspecified atom stereocenters. The topological polar surface area (TPSA) is 68.3 Å². The molecule has 0 aliphatic rings. The summed E-state index contributed by atoms with van der Waals surface area (Å²) in [6, 6.07) is 5.64. The molecule has 0 saturated carbocycles. The minimum atomic E-state index is -0.576. The van der Waals surface area contributed by atoms with Gasteiger partial charge in [0.05, 0.1) is 11.4 Å². The molecule has 3 aromatic rings. The van der Waals surface area contributed by atoms with E-state index in [-0.39, 0.29) is 11.3 Å². The van der Waals surface area contributed by atoms with Crippen LogP contribution in [0.2, 0.25) is 0 Å². The van der Waals surface area contributed by atoms with Crippen LogP contribution in [0.1, 0.15) is 27.5 Å². The van der Waals surface area contributed by atoms with Crippen LogP contribution in [0.3, 0.4) is 0 Å². The number of carbonyl (C=O) groups excluding carboxylic acids is 1. The van der Waals surface area contributed by atoms with Crippen LogP contribution in [0, 0.1) is 26.6 Å². The lowest BCUT2D eigenvalue weighted by Gasteiger charge is -2.12. The molecule has 1 N–H and O–H groups in total. The molecule has 0 aliphatic heterocycles. The number of hydrogen-bond acceptors (Lipinski definition) is 4. The highest BCUT2D eigenvalue weighted by Gasteiger charge is 2.22. The van der Waals surface area contributed by atoms with Crippen molar-refractivity contribution in [1.29, 1.82) is 0 Å². The molecule has 0 atom stereocenters. The first kappa shape index (κ1) is 15.0. The number of phenols is 1. The molecule has 2 aromatic heterocycles. The van der Waals surface area contributed by atoms with E-state index in [0.29, 0.717) is 34.1 Å². The fourth-order valence-electron chi connectivity index (χ4n) is 2.74. The fraction of sp³-hybridized carbons (Fsp3) is 0.176. The lowest BCUT2D eigenvalue weighted by Crippen LogP contribution is -2.05. The Bertz CT molecular complexity index is 889. The molecule has 0 saturated heterocycles. The number of hydrogen-bond donors (Lipinski definition) is 1. The van der Waals surface area contributed by atoms with Gasteiger partial charge >= 0.3 is 0 Å². The van der Waals surface area contributed by atoms with Crippen molar-refractivity contribution in [3.63, 3.8) is 0 Å². The van der Waals surface area contributed by atoms with Crippen LogP contribution in [-0.2, 0) is 0 Å². The largest absolute Gasteiger partial charge is 0.508 e. The van der Waals surface area contributed by atoms with Crippen molar-refractivity contribution in [2.75, 3.05) is 0 Å². The Kier molecular flexibility index (Phi) is 3.52. The van der Waals surface area contributed by atoms with Crippen LogP contribution in [0.4, 0.5) is 4.39 Å². The number of halogens is 1. The highest BCUT2D eigenvalue weighted by molar-refractivity contribution is 5.81. The molecular formula is C17H15FN2O3. The number of aromatic hydroxyl groups is 1. The third-order valence-electron chi connectivity index (χ3n) is 3.80. The summed E-state index contributed by atoms with van der Waals surface area (Å²) in [7, 11) is 0. The van der Waals surface area contributed by atoms with Crippen LogP contribution >= 0.6 is 0 Å². The zero-order valence-electron chi connectivity index (χ0n) is 12.9. The standard InChI is InChI=1S/C17H15FN2O3/c1-9-6-15(13-5-4-12(22)7-14(13)18)20(16(9)8-21)17-10(2)19-23-11(17)3/h4-8,22H,1-3H3. The maximum absolute atomic E-state index is 14.3. The molecule has 6 heteroatoms. The lowest BCUT2D eigenvalue weighted by molar-refractivity contribution is 0.111. The lowest BCUT2D eigenvalue weighted by atomic mass is 10.1. The first-order valence-electron chi connectivity index (χ1n) is 7.03. The number of carbonyl (C=O) groups is 1. The van der Waals surface area contributed by atoms with Gasteiger partial charge in [-0.25, -0.2) is 4.39 Å². The van der Waals surface area contributed by atoms with Crippen LogP contribution in [-0.4, -0.2) is 21.1 Å². The summed E-state index contributed by atoms with van der Waals surface area (Å²) >= 11 is 0. The molecule has 2 heterocycles. The summed E-state index contributed by atoms with van der Waals surface area (Å²) in [6.45, 7) is 5.27. The summed E-state index contributed by atoms with van der Waals surface area (Å²) < 4.78 is 21.1. The quantitative estimate of drug-likeness (QED) is 0.748. The normalized spacial score (nSPS) is 11.0. The second-order valence-corrected chi connectivity index (χ2v) is 5.39. The van der Waals surface area contributed by atoms with E-state index in [9.17, 15) is 14.3 Å². The molecule has 0 radical (unpaired) electrons. The average molecular weight is 314 g/mol. The fourth-order valence-corrected chi connectivity index (χ4v) is 2.74. The van der Waals surface area contributed by atoms with E-state index < -0.39 is 5.82 Å². The first-order valence-corrected chi connectivity index (χ1v) is 7.03. The second-order valence-electron chi connectivity index (χ2n) is 5.39. The van der Waals surface area contributed by atoms with Crippen molar-refractivity contribution >= 4 is 6.29 Å². The SMILES string of the molecule is Cc1cc(-c2ccc(O)cc2F)n(-c2c(C)noc2C)c1C=O. The van der Waals surface area contributed by atoms with Gasteiger partial charge in [-0.05, 0) is 44.5 Å². The molecule has 0 fully saturated rings. The molecule has 3 rings (SSSR count). The maximum Gasteiger partial charge on any atom is 0.167 e. The highest BCUT2D eigenvalue weighted by Crippen LogP contribution is 2.33. The number of aldehydes is 1. The number of aryl methyl sites for hydroxylation is 3. The van der Waals surface area contributed by atoms with Crippen LogP contribution < -0.4 is 0 Å². The van der Waals surface area contributed by atoms with E-state index in [1.54, 1.807) is 31.4 Å². The Morgan fingerprint density at radius 3 is 2.57 bits per heavy atom. The third kappa shape index (κ3) is 2.32. The average Bonchev–Trinajstić information content (AvgIpc) is 2.98. The van der Waals surface area contributed by atoms with E-state index in [4.69, 9.17) is 4.52 Å². The third-order valence-corrected chi connectivity index (χ3v) is 3.80. The number of benzene rings is 1. The summed E-state index contributed by atoms with van der Waals surface area (Å²) in [4.78, 5) is 11.5. The molecule has 0 aliphatic carbocycles. The Balaban J connectivity index is 2.37. The molecule has 0 spiro atoms. The van der Waals surface area contributed by atoms with Crippen molar-refractivity contribution < 1.29 is 18.8 Å². The van der Waals surface area contributed by atoms with Gasteiger partial charge in [0, 0.05) is 11.6 Å². The van der Waals surface area contributed by atoms with Gasteiger partial charge in [0.25, 0.3) is 0 Å². The van der Waals surface area contributed by atoms with Crippen molar-refractivity contribution in [1.82, 2.24) is 9.72 Å². The Morgan fingerprint density at radius 1 is 1.26 bits per heavy atom. The van der Waals surface area contributed by atoms with Crippen LogP contribution in [0.15, 0.2) is 28.8 Å². The summed E-state index contributed by atoms with van der Waals surface area (Å²) in [5.41, 5.74) is 3.10. The number of rotatable bonds is 3. The highest BCUT2D eigenvalue weighted by atomic mass is 19.1.